The minimum Gasteiger partial charge on any atom is -0.508 e. The molecule has 1 N–H and O–H groups in total. The molecular weight excluding hydrogens is 298 g/mol. The van der Waals surface area contributed by atoms with Crippen LogP contribution in [0.15, 0.2) is 48.5 Å². The average molecular weight is 323 g/mol. The fourth-order valence-corrected chi connectivity index (χ4v) is 3.49. The summed E-state index contributed by atoms with van der Waals surface area (Å²) in [6.07, 6.45) is 3.81. The van der Waals surface area contributed by atoms with Gasteiger partial charge >= 0.3 is 0 Å². The first-order valence-electron chi connectivity index (χ1n) is 8.77. The molecular formula is C21H25NO2. The van der Waals surface area contributed by atoms with E-state index in [0.717, 1.165) is 42.6 Å². The zero-order chi connectivity index (χ0) is 16.9. The van der Waals surface area contributed by atoms with Crippen molar-refractivity contribution < 1.29 is 9.90 Å². The number of hydrogen-bond acceptors (Lipinski definition) is 2. The number of carbonyl (C=O) groups excluding carboxylic acids is 1. The molecule has 2 aromatic rings. The van der Waals surface area contributed by atoms with E-state index in [1.54, 1.807) is 6.07 Å². The van der Waals surface area contributed by atoms with E-state index < -0.39 is 0 Å². The van der Waals surface area contributed by atoms with Gasteiger partial charge < -0.3 is 10.0 Å². The van der Waals surface area contributed by atoms with Gasteiger partial charge in [-0.25, -0.2) is 0 Å². The van der Waals surface area contributed by atoms with Gasteiger partial charge in [0.05, 0.1) is 0 Å². The van der Waals surface area contributed by atoms with Gasteiger partial charge in [-0.15, -0.1) is 0 Å². The summed E-state index contributed by atoms with van der Waals surface area (Å²) in [6.45, 7) is 3.73. The highest BCUT2D eigenvalue weighted by Gasteiger charge is 2.25. The summed E-state index contributed by atoms with van der Waals surface area (Å²) in [7, 11) is 0. The molecule has 0 aliphatic carbocycles. The van der Waals surface area contributed by atoms with Crippen LogP contribution in [0.3, 0.4) is 0 Å². The number of phenolic OH excluding ortho intramolecular Hbond substituents is 1. The van der Waals surface area contributed by atoms with Crippen LogP contribution in [0.5, 0.6) is 5.75 Å². The minimum atomic E-state index is -0.111. The molecule has 1 amide bonds. The Hall–Kier alpha value is -2.29. The highest BCUT2D eigenvalue weighted by Crippen LogP contribution is 2.35. The van der Waals surface area contributed by atoms with Crippen molar-refractivity contribution in [3.63, 3.8) is 0 Å². The minimum absolute atomic E-state index is 0.111. The van der Waals surface area contributed by atoms with Crippen molar-refractivity contribution in [3.05, 3.63) is 65.2 Å². The first kappa shape index (κ1) is 16.6. The molecule has 1 heterocycles. The molecule has 1 fully saturated rings. The molecule has 24 heavy (non-hydrogen) atoms. The van der Waals surface area contributed by atoms with Gasteiger partial charge in [-0.1, -0.05) is 48.0 Å². The number of aryl methyl sites for hydroxylation is 1. The Morgan fingerprint density at radius 1 is 1.08 bits per heavy atom. The molecule has 3 heteroatoms. The molecule has 3 rings (SSSR count). The summed E-state index contributed by atoms with van der Waals surface area (Å²) >= 11 is 0. The molecule has 0 radical (unpaired) electrons. The van der Waals surface area contributed by atoms with E-state index >= 15 is 0 Å². The summed E-state index contributed by atoms with van der Waals surface area (Å²) in [6, 6.07) is 15.6. The fourth-order valence-electron chi connectivity index (χ4n) is 3.49. The third-order valence-electron chi connectivity index (χ3n) is 4.85. The molecule has 1 saturated heterocycles. The maximum Gasteiger partial charge on any atom is 0.223 e. The zero-order valence-electron chi connectivity index (χ0n) is 14.2. The standard InChI is InChI=1S/C21H25NO2/c1-16-10-11-20(23)19(14-16)18(17-8-4-2-5-9-17)15-21(24)22-12-6-3-7-13-22/h2,4-5,8-11,14,18,23H,3,6-7,12-13,15H2,1H3. The second kappa shape index (κ2) is 7.52. The lowest BCUT2D eigenvalue weighted by molar-refractivity contribution is -0.132. The van der Waals surface area contributed by atoms with Crippen molar-refractivity contribution in [1.29, 1.82) is 0 Å². The fraction of sp³-hybridized carbons (Fsp3) is 0.381. The second-order valence-corrected chi connectivity index (χ2v) is 6.67. The van der Waals surface area contributed by atoms with Gasteiger partial charge in [0, 0.05) is 31.0 Å². The number of piperidine rings is 1. The first-order chi connectivity index (χ1) is 11.6. The lowest BCUT2D eigenvalue weighted by atomic mass is 9.86. The van der Waals surface area contributed by atoms with E-state index in [2.05, 4.69) is 0 Å². The number of amides is 1. The molecule has 0 bridgehead atoms. The van der Waals surface area contributed by atoms with Crippen molar-refractivity contribution >= 4 is 5.91 Å². The maximum absolute atomic E-state index is 12.8. The normalized spacial score (nSPS) is 16.0. The number of aromatic hydroxyl groups is 1. The second-order valence-electron chi connectivity index (χ2n) is 6.67. The van der Waals surface area contributed by atoms with Crippen molar-refractivity contribution in [2.24, 2.45) is 0 Å². The van der Waals surface area contributed by atoms with Crippen LogP contribution >= 0.6 is 0 Å². The summed E-state index contributed by atoms with van der Waals surface area (Å²) < 4.78 is 0. The molecule has 1 aliphatic heterocycles. The number of nitrogens with zero attached hydrogens (tertiary/aromatic N) is 1. The third kappa shape index (κ3) is 3.78. The van der Waals surface area contributed by atoms with Crippen LogP contribution in [0.1, 0.15) is 48.3 Å². The topological polar surface area (TPSA) is 40.5 Å². The molecule has 1 aliphatic rings. The van der Waals surface area contributed by atoms with Crippen molar-refractivity contribution in [2.75, 3.05) is 13.1 Å². The quantitative estimate of drug-likeness (QED) is 0.914. The number of rotatable bonds is 4. The third-order valence-corrected chi connectivity index (χ3v) is 4.85. The Bertz CT molecular complexity index is 690. The first-order valence-corrected chi connectivity index (χ1v) is 8.77. The number of carbonyl (C=O) groups is 1. The van der Waals surface area contributed by atoms with Crippen LogP contribution in [0, 0.1) is 6.92 Å². The van der Waals surface area contributed by atoms with Gasteiger partial charge in [0.15, 0.2) is 0 Å². The van der Waals surface area contributed by atoms with E-state index in [1.165, 1.54) is 6.42 Å². The van der Waals surface area contributed by atoms with E-state index in [4.69, 9.17) is 0 Å². The molecule has 2 aromatic carbocycles. The SMILES string of the molecule is Cc1ccc(O)c(C(CC(=O)N2CCCCC2)c2ccccc2)c1. The lowest BCUT2D eigenvalue weighted by Crippen LogP contribution is -2.36. The average Bonchev–Trinajstić information content (AvgIpc) is 2.63. The van der Waals surface area contributed by atoms with Gasteiger partial charge in [0.1, 0.15) is 5.75 Å². The predicted octanol–water partition coefficient (Wildman–Crippen LogP) is 4.24. The molecule has 0 saturated carbocycles. The smallest absolute Gasteiger partial charge is 0.223 e. The molecule has 3 nitrogen and oxygen atoms in total. The zero-order valence-corrected chi connectivity index (χ0v) is 14.2. The molecule has 126 valence electrons. The van der Waals surface area contributed by atoms with Crippen molar-refractivity contribution in [1.82, 2.24) is 4.90 Å². The summed E-state index contributed by atoms with van der Waals surface area (Å²) in [5.41, 5.74) is 3.00. The summed E-state index contributed by atoms with van der Waals surface area (Å²) in [4.78, 5) is 14.8. The van der Waals surface area contributed by atoms with E-state index in [9.17, 15) is 9.90 Å². The predicted molar refractivity (Wildman–Crippen MR) is 96.2 cm³/mol. The van der Waals surface area contributed by atoms with E-state index in [-0.39, 0.29) is 17.6 Å². The van der Waals surface area contributed by atoms with Gasteiger partial charge in [-0.3, -0.25) is 4.79 Å². The maximum atomic E-state index is 12.8. The highest BCUT2D eigenvalue weighted by molar-refractivity contribution is 5.78. The van der Waals surface area contributed by atoms with Gasteiger partial charge in [0.25, 0.3) is 0 Å². The van der Waals surface area contributed by atoms with E-state index in [0.29, 0.717) is 6.42 Å². The molecule has 1 unspecified atom stereocenters. The van der Waals surface area contributed by atoms with Gasteiger partial charge in [-0.2, -0.15) is 0 Å². The molecule has 0 spiro atoms. The largest absolute Gasteiger partial charge is 0.508 e. The number of hydrogen-bond donors (Lipinski definition) is 1. The Morgan fingerprint density at radius 3 is 2.50 bits per heavy atom. The number of phenols is 1. The molecule has 0 aromatic heterocycles. The van der Waals surface area contributed by atoms with Crippen LogP contribution < -0.4 is 0 Å². The van der Waals surface area contributed by atoms with Crippen LogP contribution in [0.4, 0.5) is 0 Å². The van der Waals surface area contributed by atoms with Crippen LogP contribution in [-0.2, 0) is 4.79 Å². The number of benzene rings is 2. The van der Waals surface area contributed by atoms with E-state index in [1.807, 2.05) is 54.3 Å². The van der Waals surface area contributed by atoms with Crippen LogP contribution in [0.25, 0.3) is 0 Å². The molecule has 1 atom stereocenters. The Kier molecular flexibility index (Phi) is 5.19. The van der Waals surface area contributed by atoms with Crippen molar-refractivity contribution in [2.45, 2.75) is 38.5 Å². The summed E-state index contributed by atoms with van der Waals surface area (Å²) in [5, 5.41) is 10.4. The highest BCUT2D eigenvalue weighted by atomic mass is 16.3. The number of likely N-dealkylation sites (tertiary alicyclic amines) is 1. The van der Waals surface area contributed by atoms with Crippen molar-refractivity contribution in [3.8, 4) is 5.75 Å². The van der Waals surface area contributed by atoms with Gasteiger partial charge in [0.2, 0.25) is 5.91 Å². The monoisotopic (exact) mass is 323 g/mol. The van der Waals surface area contributed by atoms with Gasteiger partial charge in [-0.05, 0) is 37.8 Å². The Balaban J connectivity index is 1.90. The van der Waals surface area contributed by atoms with Crippen LogP contribution in [-0.4, -0.2) is 29.0 Å². The summed E-state index contributed by atoms with van der Waals surface area (Å²) in [5.74, 6) is 0.339. The lowest BCUT2D eigenvalue weighted by Gasteiger charge is -2.29. The Labute approximate surface area is 143 Å². The van der Waals surface area contributed by atoms with Crippen LogP contribution in [0.2, 0.25) is 0 Å². The Morgan fingerprint density at radius 2 is 1.79 bits per heavy atom.